The average molecular weight is 400 g/mol. The Hall–Kier alpha value is -2.06. The second-order valence-electron chi connectivity index (χ2n) is 6.46. The number of hydrogen-bond donors (Lipinski definition) is 2. The number of nitrogens with one attached hydrogen (secondary N) is 1. The number of nitrogens with zero attached hydrogens (tertiary/aromatic N) is 1. The number of aliphatic hydroxyl groups excluding tert-OH is 1. The summed E-state index contributed by atoms with van der Waals surface area (Å²) in [6, 6.07) is 3.90. The van der Waals surface area contributed by atoms with Crippen LogP contribution >= 0.6 is 0 Å². The summed E-state index contributed by atoms with van der Waals surface area (Å²) in [5.41, 5.74) is -0.102. The van der Waals surface area contributed by atoms with Crippen LogP contribution in [-0.2, 0) is 10.9 Å². The minimum atomic E-state index is -4.55. The van der Waals surface area contributed by atoms with Crippen LogP contribution in [0.25, 0.3) is 5.70 Å². The Morgan fingerprint density at radius 1 is 1.36 bits per heavy atom. The Kier molecular flexibility index (Phi) is 8.32. The molecule has 28 heavy (non-hydrogen) atoms. The summed E-state index contributed by atoms with van der Waals surface area (Å²) < 4.78 is 51.3. The number of allylic oxidation sites excluding steroid dienone is 1. The molecule has 2 N–H and O–H groups in total. The number of alkyl halides is 3. The monoisotopic (exact) mass is 400 g/mol. The van der Waals surface area contributed by atoms with Crippen molar-refractivity contribution in [3.05, 3.63) is 35.4 Å². The number of aliphatic hydroxyl groups is 1. The highest BCUT2D eigenvalue weighted by atomic mass is 19.4. The van der Waals surface area contributed by atoms with E-state index in [1.807, 2.05) is 0 Å². The molecule has 0 aliphatic carbocycles. The molecule has 0 amide bonds. The smallest absolute Gasteiger partial charge is 0.419 e. The van der Waals surface area contributed by atoms with E-state index in [1.165, 1.54) is 13.2 Å². The van der Waals surface area contributed by atoms with E-state index < -0.39 is 11.7 Å². The Bertz CT molecular complexity index is 696. The van der Waals surface area contributed by atoms with Crippen molar-refractivity contribution in [3.8, 4) is 5.75 Å². The van der Waals surface area contributed by atoms with E-state index in [2.05, 4.69) is 10.3 Å². The molecule has 0 aromatic heterocycles. The van der Waals surface area contributed by atoms with E-state index >= 15 is 0 Å². The predicted molar refractivity (Wildman–Crippen MR) is 102 cm³/mol. The van der Waals surface area contributed by atoms with E-state index in [4.69, 9.17) is 14.6 Å². The lowest BCUT2D eigenvalue weighted by Crippen LogP contribution is -2.32. The predicted octanol–water partition coefficient (Wildman–Crippen LogP) is 4.01. The van der Waals surface area contributed by atoms with Crippen molar-refractivity contribution >= 4 is 11.6 Å². The number of benzene rings is 1. The molecule has 1 aliphatic rings. The van der Waals surface area contributed by atoms with Crippen LogP contribution in [0, 0.1) is 0 Å². The summed E-state index contributed by atoms with van der Waals surface area (Å²) in [6.45, 7) is 2.67. The lowest BCUT2D eigenvalue weighted by atomic mass is 10.1. The summed E-state index contributed by atoms with van der Waals surface area (Å²) in [4.78, 5) is 4.46. The highest BCUT2D eigenvalue weighted by molar-refractivity contribution is 5.88. The van der Waals surface area contributed by atoms with Crippen LogP contribution in [0.1, 0.15) is 43.7 Å². The number of unbranched alkanes of at least 4 members (excludes halogenated alkanes) is 1. The minimum Gasteiger partial charge on any atom is -0.493 e. The third kappa shape index (κ3) is 5.97. The Morgan fingerprint density at radius 3 is 2.71 bits per heavy atom. The van der Waals surface area contributed by atoms with Gasteiger partial charge in [0.25, 0.3) is 0 Å². The molecule has 1 heterocycles. The van der Waals surface area contributed by atoms with Gasteiger partial charge in [-0.25, -0.2) is 4.99 Å². The third-order valence-electron chi connectivity index (χ3n) is 4.46. The van der Waals surface area contributed by atoms with Gasteiger partial charge in [-0.1, -0.05) is 6.08 Å². The molecular weight excluding hydrogens is 373 g/mol. The van der Waals surface area contributed by atoms with Gasteiger partial charge in [0.1, 0.15) is 5.75 Å². The Labute approximate surface area is 163 Å². The highest BCUT2D eigenvalue weighted by Gasteiger charge is 2.35. The molecule has 8 heteroatoms. The fraction of sp³-hybridized carbons (Fsp3) is 0.550. The van der Waals surface area contributed by atoms with Gasteiger partial charge in [0, 0.05) is 12.2 Å². The van der Waals surface area contributed by atoms with E-state index in [-0.39, 0.29) is 25.0 Å². The zero-order valence-corrected chi connectivity index (χ0v) is 16.2. The van der Waals surface area contributed by atoms with Gasteiger partial charge in [0.2, 0.25) is 5.90 Å². The standard InChI is InChI=1S/C20H27F3N2O3/c1-3-16(25-19(27-2)17-7-6-10-24-17)14-8-9-18(28-12-5-4-11-26)15(13-14)20(21,22)23/h3,8-9,13,17,24,26H,4-7,10-12H2,1-2H3/b16-3-,25-19?. The summed E-state index contributed by atoms with van der Waals surface area (Å²) in [6.07, 6.45) is -0.0680. The van der Waals surface area contributed by atoms with Crippen molar-refractivity contribution in [2.75, 3.05) is 26.9 Å². The first-order chi connectivity index (χ1) is 13.4. The molecule has 156 valence electrons. The molecule has 1 aromatic rings. The SMILES string of the molecule is C/C=C(\N=C(OC)C1CCCN1)c1ccc(OCCCCO)c(C(F)(F)F)c1. The lowest BCUT2D eigenvalue weighted by Gasteiger charge is -2.17. The molecule has 1 fully saturated rings. The lowest BCUT2D eigenvalue weighted by molar-refractivity contribution is -0.139. The molecule has 2 rings (SSSR count). The molecule has 0 radical (unpaired) electrons. The van der Waals surface area contributed by atoms with Gasteiger partial charge in [-0.2, -0.15) is 13.2 Å². The first-order valence-corrected chi connectivity index (χ1v) is 9.38. The molecule has 0 spiro atoms. The number of rotatable bonds is 8. The Balaban J connectivity index is 2.30. The molecule has 5 nitrogen and oxygen atoms in total. The van der Waals surface area contributed by atoms with Crippen LogP contribution in [0.3, 0.4) is 0 Å². The highest BCUT2D eigenvalue weighted by Crippen LogP contribution is 2.38. The molecule has 1 unspecified atom stereocenters. The zero-order valence-electron chi connectivity index (χ0n) is 16.2. The normalized spacial score (nSPS) is 18.4. The number of methoxy groups -OCH3 is 1. The van der Waals surface area contributed by atoms with Crippen LogP contribution in [0.2, 0.25) is 0 Å². The van der Waals surface area contributed by atoms with Crippen LogP contribution in [0.4, 0.5) is 13.2 Å². The minimum absolute atomic E-state index is 0.0191. The maximum Gasteiger partial charge on any atom is 0.419 e. The second-order valence-corrected chi connectivity index (χ2v) is 6.46. The van der Waals surface area contributed by atoms with Gasteiger partial charge in [-0.3, -0.25) is 0 Å². The number of aliphatic imine (C=N–C) groups is 1. The van der Waals surface area contributed by atoms with Crippen molar-refractivity contribution < 1.29 is 27.8 Å². The summed E-state index contributed by atoms with van der Waals surface area (Å²) in [5.74, 6) is 0.238. The van der Waals surface area contributed by atoms with Crippen molar-refractivity contribution in [2.45, 2.75) is 44.8 Å². The zero-order chi connectivity index (χ0) is 20.6. The van der Waals surface area contributed by atoms with Crippen LogP contribution in [0.5, 0.6) is 5.75 Å². The van der Waals surface area contributed by atoms with Gasteiger partial charge in [0.15, 0.2) is 0 Å². The largest absolute Gasteiger partial charge is 0.493 e. The van der Waals surface area contributed by atoms with Gasteiger partial charge in [-0.05, 0) is 57.4 Å². The van der Waals surface area contributed by atoms with Crippen molar-refractivity contribution in [1.82, 2.24) is 5.32 Å². The molecule has 1 saturated heterocycles. The maximum atomic E-state index is 13.5. The van der Waals surface area contributed by atoms with Gasteiger partial charge in [0.05, 0.1) is 31.0 Å². The Morgan fingerprint density at radius 2 is 2.14 bits per heavy atom. The van der Waals surface area contributed by atoms with Crippen molar-refractivity contribution in [3.63, 3.8) is 0 Å². The van der Waals surface area contributed by atoms with Crippen molar-refractivity contribution in [1.29, 1.82) is 0 Å². The van der Waals surface area contributed by atoms with Gasteiger partial charge in [-0.15, -0.1) is 0 Å². The molecule has 0 saturated carbocycles. The second kappa shape index (κ2) is 10.5. The van der Waals surface area contributed by atoms with Crippen molar-refractivity contribution in [2.24, 2.45) is 4.99 Å². The van der Waals surface area contributed by atoms with E-state index in [9.17, 15) is 13.2 Å². The quantitative estimate of drug-likeness (QED) is 0.393. The van der Waals surface area contributed by atoms with E-state index in [0.717, 1.165) is 25.5 Å². The summed E-state index contributed by atoms with van der Waals surface area (Å²) >= 11 is 0. The third-order valence-corrected chi connectivity index (χ3v) is 4.46. The van der Waals surface area contributed by atoms with Gasteiger partial charge >= 0.3 is 6.18 Å². The van der Waals surface area contributed by atoms with Crippen LogP contribution < -0.4 is 10.1 Å². The molecular formula is C20H27F3N2O3. The van der Waals surface area contributed by atoms with Crippen LogP contribution in [0.15, 0.2) is 29.3 Å². The number of ether oxygens (including phenoxy) is 2. The summed E-state index contributed by atoms with van der Waals surface area (Å²) in [5, 5.41) is 12.0. The van der Waals surface area contributed by atoms with E-state index in [1.54, 1.807) is 19.1 Å². The first-order valence-electron chi connectivity index (χ1n) is 9.38. The molecule has 0 bridgehead atoms. The number of hydrogen-bond acceptors (Lipinski definition) is 5. The summed E-state index contributed by atoms with van der Waals surface area (Å²) in [7, 11) is 1.51. The number of halogens is 3. The first kappa shape index (κ1) is 22.2. The topological polar surface area (TPSA) is 63.1 Å². The average Bonchev–Trinajstić information content (AvgIpc) is 3.20. The fourth-order valence-corrected chi connectivity index (χ4v) is 3.01. The molecule has 1 aliphatic heterocycles. The van der Waals surface area contributed by atoms with E-state index in [0.29, 0.717) is 30.0 Å². The fourth-order valence-electron chi connectivity index (χ4n) is 3.01. The van der Waals surface area contributed by atoms with Crippen LogP contribution in [-0.4, -0.2) is 43.9 Å². The molecule has 1 atom stereocenters. The molecule has 1 aromatic carbocycles. The maximum absolute atomic E-state index is 13.5. The van der Waals surface area contributed by atoms with Gasteiger partial charge < -0.3 is 19.9 Å².